The third-order valence-electron chi connectivity index (χ3n) is 7.98. The zero-order valence-electron chi connectivity index (χ0n) is 26.4. The van der Waals surface area contributed by atoms with Gasteiger partial charge >= 0.3 is 5.97 Å². The lowest BCUT2D eigenvalue weighted by Crippen LogP contribution is -2.44. The van der Waals surface area contributed by atoms with Crippen molar-refractivity contribution < 1.29 is 23.4 Å². The molecule has 6 heteroatoms. The predicted octanol–water partition coefficient (Wildman–Crippen LogP) is 9.74. The van der Waals surface area contributed by atoms with Gasteiger partial charge in [-0.3, -0.25) is 0 Å². The zero-order valence-corrected chi connectivity index (χ0v) is 27.4. The highest BCUT2D eigenvalue weighted by atomic mass is 28.4. The summed E-state index contributed by atoms with van der Waals surface area (Å²) in [6.45, 7) is 14.7. The molecule has 0 heterocycles. The molecule has 0 aliphatic rings. The van der Waals surface area contributed by atoms with E-state index in [1.165, 1.54) is 83.5 Å². The van der Waals surface area contributed by atoms with Crippen molar-refractivity contribution >= 4 is 14.3 Å². The SMILES string of the molecule is CCCCCCCCCCCCCCCCOC[C@H](CO[Si](C)(C)C(C)(C)C)OC(=O)c1ccc(OC)cc1. The molecule has 0 aromatic heterocycles. The molecule has 0 spiro atoms. The molecule has 0 saturated carbocycles. The van der Waals surface area contributed by atoms with Gasteiger partial charge in [0.25, 0.3) is 0 Å². The number of carbonyl (C=O) groups excluding carboxylic acids is 1. The Morgan fingerprint density at radius 2 is 1.26 bits per heavy atom. The average Bonchev–Trinajstić information content (AvgIpc) is 2.90. The van der Waals surface area contributed by atoms with Gasteiger partial charge in [0.1, 0.15) is 11.9 Å². The van der Waals surface area contributed by atoms with Gasteiger partial charge in [0.15, 0.2) is 8.32 Å². The molecule has 0 radical (unpaired) electrons. The van der Waals surface area contributed by atoms with Crippen LogP contribution in [-0.4, -0.2) is 47.3 Å². The van der Waals surface area contributed by atoms with E-state index in [0.29, 0.717) is 31.1 Å². The highest BCUT2D eigenvalue weighted by Crippen LogP contribution is 2.36. The van der Waals surface area contributed by atoms with E-state index < -0.39 is 14.4 Å². The normalized spacial score (nSPS) is 12.9. The van der Waals surface area contributed by atoms with Crippen molar-refractivity contribution in [3.8, 4) is 5.75 Å². The zero-order chi connectivity index (χ0) is 29.0. The molecule has 1 aromatic rings. The van der Waals surface area contributed by atoms with Crippen LogP contribution in [0.5, 0.6) is 5.75 Å². The van der Waals surface area contributed by atoms with Crippen molar-refractivity contribution in [3.63, 3.8) is 0 Å². The Kier molecular flexibility index (Phi) is 18.7. The Balaban J connectivity index is 2.29. The van der Waals surface area contributed by atoms with Crippen LogP contribution in [0.4, 0.5) is 0 Å². The van der Waals surface area contributed by atoms with Gasteiger partial charge in [0.05, 0.1) is 25.9 Å². The van der Waals surface area contributed by atoms with Gasteiger partial charge in [-0.2, -0.15) is 0 Å². The van der Waals surface area contributed by atoms with Crippen LogP contribution in [0.1, 0.15) is 128 Å². The molecule has 0 amide bonds. The van der Waals surface area contributed by atoms with E-state index in [4.69, 9.17) is 18.6 Å². The number of carbonyl (C=O) groups is 1. The summed E-state index contributed by atoms with van der Waals surface area (Å²) in [5, 5.41) is 0.0899. The molecule has 5 nitrogen and oxygen atoms in total. The van der Waals surface area contributed by atoms with Crippen molar-refractivity contribution in [1.82, 2.24) is 0 Å². The Bertz CT molecular complexity index is 741. The summed E-state index contributed by atoms with van der Waals surface area (Å²) >= 11 is 0. The Labute approximate surface area is 241 Å². The number of esters is 1. The summed E-state index contributed by atoms with van der Waals surface area (Å²) in [5.41, 5.74) is 0.500. The molecule has 1 atom stereocenters. The van der Waals surface area contributed by atoms with Crippen LogP contribution in [0.2, 0.25) is 18.1 Å². The average molecular weight is 565 g/mol. The summed E-state index contributed by atoms with van der Waals surface area (Å²) in [5.74, 6) is 0.349. The van der Waals surface area contributed by atoms with Gasteiger partial charge in [-0.25, -0.2) is 4.79 Å². The first-order valence-electron chi connectivity index (χ1n) is 15.7. The Morgan fingerprint density at radius 1 is 0.769 bits per heavy atom. The molecule has 0 saturated heterocycles. The van der Waals surface area contributed by atoms with Crippen LogP contribution in [0.15, 0.2) is 24.3 Å². The summed E-state index contributed by atoms with van der Waals surface area (Å²) in [6.07, 6.45) is 18.3. The van der Waals surface area contributed by atoms with E-state index in [2.05, 4.69) is 40.8 Å². The Morgan fingerprint density at radius 3 is 1.72 bits per heavy atom. The van der Waals surface area contributed by atoms with Crippen LogP contribution in [0, 0.1) is 0 Å². The molecule has 0 fully saturated rings. The Hall–Kier alpha value is -1.37. The van der Waals surface area contributed by atoms with Crippen LogP contribution in [0.25, 0.3) is 0 Å². The van der Waals surface area contributed by atoms with E-state index in [-0.39, 0.29) is 11.0 Å². The monoisotopic (exact) mass is 564 g/mol. The topological polar surface area (TPSA) is 54.0 Å². The van der Waals surface area contributed by atoms with E-state index in [0.717, 1.165) is 6.42 Å². The quantitative estimate of drug-likeness (QED) is 0.0752. The molecular weight excluding hydrogens is 504 g/mol. The third-order valence-corrected chi connectivity index (χ3v) is 12.5. The van der Waals surface area contributed by atoms with E-state index in [1.54, 1.807) is 31.4 Å². The first kappa shape index (κ1) is 35.7. The number of benzene rings is 1. The molecule has 0 N–H and O–H groups in total. The summed E-state index contributed by atoms with van der Waals surface area (Å²) in [7, 11) is -0.357. The molecule has 1 rings (SSSR count). The fourth-order valence-electron chi connectivity index (χ4n) is 4.19. The van der Waals surface area contributed by atoms with Crippen LogP contribution in [0.3, 0.4) is 0 Å². The molecular formula is C33H60O5Si. The molecule has 0 bridgehead atoms. The van der Waals surface area contributed by atoms with Gasteiger partial charge in [-0.05, 0) is 48.8 Å². The predicted molar refractivity (Wildman–Crippen MR) is 166 cm³/mol. The maximum Gasteiger partial charge on any atom is 0.338 e. The van der Waals surface area contributed by atoms with Gasteiger partial charge in [-0.1, -0.05) is 111 Å². The van der Waals surface area contributed by atoms with Crippen molar-refractivity contribution in [2.24, 2.45) is 0 Å². The van der Waals surface area contributed by atoms with Gasteiger partial charge in [0.2, 0.25) is 0 Å². The fraction of sp³-hybridized carbons (Fsp3) is 0.788. The van der Waals surface area contributed by atoms with Crippen molar-refractivity contribution in [1.29, 1.82) is 0 Å². The molecule has 0 unspecified atom stereocenters. The lowest BCUT2D eigenvalue weighted by molar-refractivity contribution is -0.0222. The first-order chi connectivity index (χ1) is 18.6. The molecule has 39 heavy (non-hydrogen) atoms. The second-order valence-electron chi connectivity index (χ2n) is 12.5. The number of hydrogen-bond donors (Lipinski definition) is 0. The second-order valence-corrected chi connectivity index (χ2v) is 17.3. The van der Waals surface area contributed by atoms with Crippen LogP contribution in [-0.2, 0) is 13.9 Å². The number of hydrogen-bond acceptors (Lipinski definition) is 5. The largest absolute Gasteiger partial charge is 0.497 e. The standard InChI is InChI=1S/C33H60O5Si/c1-8-9-10-11-12-13-14-15-16-17-18-19-20-21-26-36-27-31(28-37-39(6,7)33(2,3)4)38-32(34)29-22-24-30(35-5)25-23-29/h22-25,31H,8-21,26-28H2,1-7H3/t31-/m1/s1. The maximum absolute atomic E-state index is 12.8. The summed E-state index contributed by atoms with van der Waals surface area (Å²) < 4.78 is 23.4. The van der Waals surface area contributed by atoms with Crippen molar-refractivity contribution in [3.05, 3.63) is 29.8 Å². The van der Waals surface area contributed by atoms with Crippen LogP contribution < -0.4 is 4.74 Å². The van der Waals surface area contributed by atoms with Crippen molar-refractivity contribution in [2.75, 3.05) is 26.9 Å². The van der Waals surface area contributed by atoms with Crippen molar-refractivity contribution in [2.45, 2.75) is 142 Å². The first-order valence-corrected chi connectivity index (χ1v) is 18.6. The highest BCUT2D eigenvalue weighted by Gasteiger charge is 2.38. The second kappa shape index (κ2) is 20.5. The molecule has 0 aliphatic heterocycles. The minimum Gasteiger partial charge on any atom is -0.497 e. The lowest BCUT2D eigenvalue weighted by atomic mass is 10.0. The minimum atomic E-state index is -1.97. The van der Waals surface area contributed by atoms with E-state index >= 15 is 0 Å². The van der Waals surface area contributed by atoms with Gasteiger partial charge < -0.3 is 18.6 Å². The molecule has 0 aliphatic carbocycles. The van der Waals surface area contributed by atoms with E-state index in [9.17, 15) is 4.79 Å². The maximum atomic E-state index is 12.8. The van der Waals surface area contributed by atoms with Gasteiger partial charge in [0, 0.05) is 6.61 Å². The molecule has 226 valence electrons. The third kappa shape index (κ3) is 16.5. The molecule has 1 aromatic carbocycles. The summed E-state index contributed by atoms with van der Waals surface area (Å²) in [6, 6.07) is 6.98. The summed E-state index contributed by atoms with van der Waals surface area (Å²) in [4.78, 5) is 12.8. The lowest BCUT2D eigenvalue weighted by Gasteiger charge is -2.37. The highest BCUT2D eigenvalue weighted by molar-refractivity contribution is 6.74. The minimum absolute atomic E-state index is 0.0899. The van der Waals surface area contributed by atoms with E-state index in [1.807, 2.05) is 0 Å². The number of unbranched alkanes of at least 4 members (excludes halogenated alkanes) is 13. The smallest absolute Gasteiger partial charge is 0.338 e. The van der Waals surface area contributed by atoms with Gasteiger partial charge in [-0.15, -0.1) is 0 Å². The number of rotatable bonds is 23. The number of methoxy groups -OCH3 is 1. The fourth-order valence-corrected chi connectivity index (χ4v) is 5.23. The van der Waals surface area contributed by atoms with Crippen LogP contribution >= 0.6 is 0 Å². The number of ether oxygens (including phenoxy) is 3.